The Kier molecular flexibility index (Phi) is 3.42. The van der Waals surface area contributed by atoms with E-state index in [0.717, 1.165) is 23.4 Å². The smallest absolute Gasteiger partial charge is 0.132 e. The molecule has 3 nitrogen and oxygen atoms in total. The van der Waals surface area contributed by atoms with Gasteiger partial charge in [-0.2, -0.15) is 0 Å². The number of phenolic OH excluding ortho intramolecular Hbond substituents is 1. The summed E-state index contributed by atoms with van der Waals surface area (Å²) in [6.45, 7) is 0. The quantitative estimate of drug-likeness (QED) is 0.786. The molecule has 0 bridgehead atoms. The average Bonchev–Trinajstić information content (AvgIpc) is 2.50. The highest BCUT2D eigenvalue weighted by Crippen LogP contribution is 2.20. The number of rotatable bonds is 3. The third-order valence-electron chi connectivity index (χ3n) is 3.11. The molecular formula is C17H14N2O. The standard InChI is InChI=1S/C17H14N2O/c20-16-8-6-14(7-9-16)15-11-18-17(19-12-15)10-13-4-2-1-3-5-13/h1-9,11-12,20H,10H2. The van der Waals surface area contributed by atoms with Crippen molar-refractivity contribution < 1.29 is 5.11 Å². The van der Waals surface area contributed by atoms with Crippen molar-refractivity contribution in [3.63, 3.8) is 0 Å². The molecule has 0 unspecified atom stereocenters. The predicted octanol–water partition coefficient (Wildman–Crippen LogP) is 3.44. The van der Waals surface area contributed by atoms with Crippen molar-refractivity contribution in [1.82, 2.24) is 9.97 Å². The van der Waals surface area contributed by atoms with Crippen LogP contribution in [0.4, 0.5) is 0 Å². The second kappa shape index (κ2) is 5.53. The Balaban J connectivity index is 1.79. The molecule has 1 aromatic heterocycles. The summed E-state index contributed by atoms with van der Waals surface area (Å²) >= 11 is 0. The lowest BCUT2D eigenvalue weighted by molar-refractivity contribution is 0.475. The molecule has 0 atom stereocenters. The average molecular weight is 262 g/mol. The highest BCUT2D eigenvalue weighted by atomic mass is 16.3. The van der Waals surface area contributed by atoms with Crippen LogP contribution < -0.4 is 0 Å². The number of aromatic hydroxyl groups is 1. The summed E-state index contributed by atoms with van der Waals surface area (Å²) in [7, 11) is 0. The van der Waals surface area contributed by atoms with E-state index in [1.807, 2.05) is 42.7 Å². The summed E-state index contributed by atoms with van der Waals surface area (Å²) in [5.41, 5.74) is 3.14. The minimum absolute atomic E-state index is 0.260. The van der Waals surface area contributed by atoms with Gasteiger partial charge in [0.15, 0.2) is 0 Å². The van der Waals surface area contributed by atoms with Crippen LogP contribution in [0, 0.1) is 0 Å². The Labute approximate surface area is 117 Å². The summed E-state index contributed by atoms with van der Waals surface area (Å²) < 4.78 is 0. The van der Waals surface area contributed by atoms with E-state index in [0.29, 0.717) is 0 Å². The van der Waals surface area contributed by atoms with Gasteiger partial charge in [0.2, 0.25) is 0 Å². The molecule has 0 radical (unpaired) electrons. The third-order valence-corrected chi connectivity index (χ3v) is 3.11. The SMILES string of the molecule is Oc1ccc(-c2cnc(Cc3ccccc3)nc2)cc1. The maximum absolute atomic E-state index is 9.28. The van der Waals surface area contributed by atoms with Crippen molar-refractivity contribution in [2.75, 3.05) is 0 Å². The van der Waals surface area contributed by atoms with Crippen LogP contribution >= 0.6 is 0 Å². The normalized spacial score (nSPS) is 10.4. The maximum atomic E-state index is 9.28. The molecule has 0 saturated heterocycles. The molecule has 3 aromatic rings. The van der Waals surface area contributed by atoms with Crippen molar-refractivity contribution in [3.05, 3.63) is 78.4 Å². The Bertz CT molecular complexity index is 676. The summed E-state index contributed by atoms with van der Waals surface area (Å²) in [6.07, 6.45) is 4.37. The van der Waals surface area contributed by atoms with Crippen LogP contribution in [0.1, 0.15) is 11.4 Å². The van der Waals surface area contributed by atoms with Gasteiger partial charge in [0.25, 0.3) is 0 Å². The zero-order valence-corrected chi connectivity index (χ0v) is 10.9. The van der Waals surface area contributed by atoms with Gasteiger partial charge >= 0.3 is 0 Å². The molecule has 0 amide bonds. The Hall–Kier alpha value is -2.68. The molecule has 0 aliphatic rings. The molecule has 98 valence electrons. The van der Waals surface area contributed by atoms with Gasteiger partial charge in [-0.1, -0.05) is 42.5 Å². The lowest BCUT2D eigenvalue weighted by atomic mass is 10.1. The summed E-state index contributed by atoms with van der Waals surface area (Å²) in [6, 6.07) is 17.2. The van der Waals surface area contributed by atoms with E-state index in [1.54, 1.807) is 12.1 Å². The molecule has 0 aliphatic heterocycles. The van der Waals surface area contributed by atoms with Gasteiger partial charge in [0.05, 0.1) is 0 Å². The Morgan fingerprint density at radius 2 is 1.40 bits per heavy atom. The van der Waals surface area contributed by atoms with E-state index in [2.05, 4.69) is 22.1 Å². The molecule has 3 heteroatoms. The Morgan fingerprint density at radius 3 is 2.05 bits per heavy atom. The van der Waals surface area contributed by atoms with Crippen LogP contribution in [-0.2, 0) is 6.42 Å². The van der Waals surface area contributed by atoms with Crippen LogP contribution in [0.25, 0.3) is 11.1 Å². The van der Waals surface area contributed by atoms with Gasteiger partial charge in [-0.15, -0.1) is 0 Å². The molecule has 1 N–H and O–H groups in total. The number of hydrogen-bond acceptors (Lipinski definition) is 3. The van der Waals surface area contributed by atoms with Gasteiger partial charge in [-0.25, -0.2) is 9.97 Å². The van der Waals surface area contributed by atoms with E-state index < -0.39 is 0 Å². The van der Waals surface area contributed by atoms with Crippen molar-refractivity contribution in [2.24, 2.45) is 0 Å². The molecule has 1 heterocycles. The molecule has 0 saturated carbocycles. The number of benzene rings is 2. The van der Waals surface area contributed by atoms with E-state index >= 15 is 0 Å². The fraction of sp³-hybridized carbons (Fsp3) is 0.0588. The second-order valence-electron chi connectivity index (χ2n) is 4.60. The predicted molar refractivity (Wildman–Crippen MR) is 78.4 cm³/mol. The summed E-state index contributed by atoms with van der Waals surface area (Å²) in [4.78, 5) is 8.80. The zero-order chi connectivity index (χ0) is 13.8. The zero-order valence-electron chi connectivity index (χ0n) is 10.9. The van der Waals surface area contributed by atoms with E-state index in [-0.39, 0.29) is 5.75 Å². The van der Waals surface area contributed by atoms with Gasteiger partial charge in [0, 0.05) is 24.4 Å². The number of nitrogens with zero attached hydrogens (tertiary/aromatic N) is 2. The van der Waals surface area contributed by atoms with Crippen molar-refractivity contribution in [3.8, 4) is 16.9 Å². The maximum Gasteiger partial charge on any atom is 0.132 e. The van der Waals surface area contributed by atoms with Crippen molar-refractivity contribution in [2.45, 2.75) is 6.42 Å². The van der Waals surface area contributed by atoms with Gasteiger partial charge in [0.1, 0.15) is 11.6 Å². The highest BCUT2D eigenvalue weighted by molar-refractivity contribution is 5.62. The number of hydrogen-bond donors (Lipinski definition) is 1. The molecule has 0 aliphatic carbocycles. The van der Waals surface area contributed by atoms with Crippen LogP contribution in [-0.4, -0.2) is 15.1 Å². The molecular weight excluding hydrogens is 248 g/mol. The number of phenols is 1. The first kappa shape index (κ1) is 12.4. The minimum atomic E-state index is 0.260. The van der Waals surface area contributed by atoms with Crippen LogP contribution in [0.3, 0.4) is 0 Å². The third kappa shape index (κ3) is 2.83. The van der Waals surface area contributed by atoms with E-state index in [9.17, 15) is 5.11 Å². The first-order valence-electron chi connectivity index (χ1n) is 6.45. The lowest BCUT2D eigenvalue weighted by Crippen LogP contribution is -1.96. The highest BCUT2D eigenvalue weighted by Gasteiger charge is 2.02. The molecule has 3 rings (SSSR count). The minimum Gasteiger partial charge on any atom is -0.508 e. The lowest BCUT2D eigenvalue weighted by Gasteiger charge is -2.03. The molecule has 20 heavy (non-hydrogen) atoms. The second-order valence-corrected chi connectivity index (χ2v) is 4.60. The first-order chi connectivity index (χ1) is 9.81. The van der Waals surface area contributed by atoms with Gasteiger partial charge < -0.3 is 5.11 Å². The van der Waals surface area contributed by atoms with Crippen LogP contribution in [0.5, 0.6) is 5.75 Å². The Morgan fingerprint density at radius 1 is 0.750 bits per heavy atom. The first-order valence-corrected chi connectivity index (χ1v) is 6.45. The van der Waals surface area contributed by atoms with E-state index in [1.165, 1.54) is 5.56 Å². The topological polar surface area (TPSA) is 46.0 Å². The molecule has 0 fully saturated rings. The number of aromatic nitrogens is 2. The van der Waals surface area contributed by atoms with Crippen LogP contribution in [0.2, 0.25) is 0 Å². The van der Waals surface area contributed by atoms with Gasteiger partial charge in [-0.3, -0.25) is 0 Å². The fourth-order valence-electron chi connectivity index (χ4n) is 2.03. The largest absolute Gasteiger partial charge is 0.508 e. The fourth-order valence-corrected chi connectivity index (χ4v) is 2.03. The van der Waals surface area contributed by atoms with Crippen molar-refractivity contribution >= 4 is 0 Å². The monoisotopic (exact) mass is 262 g/mol. The summed E-state index contributed by atoms with van der Waals surface area (Å²) in [5.74, 6) is 1.06. The van der Waals surface area contributed by atoms with E-state index in [4.69, 9.17) is 0 Å². The van der Waals surface area contributed by atoms with Crippen LogP contribution in [0.15, 0.2) is 67.0 Å². The van der Waals surface area contributed by atoms with Gasteiger partial charge in [-0.05, 0) is 23.3 Å². The molecule has 2 aromatic carbocycles. The summed E-state index contributed by atoms with van der Waals surface area (Å²) in [5, 5.41) is 9.28. The molecule has 0 spiro atoms. The van der Waals surface area contributed by atoms with Crippen molar-refractivity contribution in [1.29, 1.82) is 0 Å².